The summed E-state index contributed by atoms with van der Waals surface area (Å²) in [7, 11) is 1.59. The molecule has 1 saturated carbocycles. The van der Waals surface area contributed by atoms with Crippen molar-refractivity contribution in [2.45, 2.75) is 57.8 Å². The van der Waals surface area contributed by atoms with Gasteiger partial charge >= 0.3 is 0 Å². The van der Waals surface area contributed by atoms with E-state index in [1.807, 2.05) is 24.3 Å². The molecule has 2 amide bonds. The van der Waals surface area contributed by atoms with Crippen LogP contribution in [0.5, 0.6) is 17.2 Å². The fourth-order valence-corrected chi connectivity index (χ4v) is 5.31. The topological polar surface area (TPSA) is 134 Å². The number of rotatable bonds is 10. The van der Waals surface area contributed by atoms with Gasteiger partial charge in [0.2, 0.25) is 18.5 Å². The van der Waals surface area contributed by atoms with Gasteiger partial charge in [0, 0.05) is 18.2 Å². The minimum Gasteiger partial charge on any atom is -0.497 e. The molecule has 218 valence electrons. The third-order valence-electron chi connectivity index (χ3n) is 7.48. The molecule has 1 unspecified atom stereocenters. The molecule has 0 radical (unpaired) electrons. The summed E-state index contributed by atoms with van der Waals surface area (Å²) >= 11 is 0. The quantitative estimate of drug-likeness (QED) is 0.301. The Hall–Kier alpha value is -4.87. The highest BCUT2D eigenvalue weighted by Crippen LogP contribution is 2.34. The zero-order chi connectivity index (χ0) is 29.1. The number of fused-ring (bicyclic) bond motifs is 1. The zero-order valence-corrected chi connectivity index (χ0v) is 23.5. The molecule has 2 aromatic heterocycles. The summed E-state index contributed by atoms with van der Waals surface area (Å²) in [6.07, 6.45) is 3.93. The van der Waals surface area contributed by atoms with Crippen molar-refractivity contribution in [2.24, 2.45) is 0 Å². The third-order valence-corrected chi connectivity index (χ3v) is 7.48. The van der Waals surface area contributed by atoms with Gasteiger partial charge in [-0.1, -0.05) is 18.9 Å². The number of hydrogen-bond acceptors (Lipinski definition) is 9. The molecule has 1 fully saturated rings. The van der Waals surface area contributed by atoms with Crippen molar-refractivity contribution < 1.29 is 28.2 Å². The van der Waals surface area contributed by atoms with E-state index in [-0.39, 0.29) is 37.7 Å². The van der Waals surface area contributed by atoms with Crippen LogP contribution in [0.4, 0.5) is 0 Å². The van der Waals surface area contributed by atoms with Crippen molar-refractivity contribution in [3.05, 3.63) is 71.7 Å². The lowest BCUT2D eigenvalue weighted by Gasteiger charge is -2.30. The number of aryl methyl sites for hydroxylation is 1. The first-order valence-corrected chi connectivity index (χ1v) is 13.9. The molecule has 1 atom stereocenters. The SMILES string of the molecule is COc1ccc(-c2nnn(CC(=O)N(Cc3ccc4c(c3)OCO4)C(C(=O)NC3CCCC3)c3ccc(C)o3)n2)cc1. The number of carbonyl (C=O) groups is 2. The van der Waals surface area contributed by atoms with Crippen LogP contribution in [0.3, 0.4) is 0 Å². The Labute approximate surface area is 242 Å². The average molecular weight is 573 g/mol. The molecular weight excluding hydrogens is 540 g/mol. The van der Waals surface area contributed by atoms with Crippen molar-refractivity contribution in [2.75, 3.05) is 13.9 Å². The van der Waals surface area contributed by atoms with Crippen LogP contribution < -0.4 is 19.5 Å². The number of amides is 2. The van der Waals surface area contributed by atoms with Crippen LogP contribution in [-0.4, -0.2) is 56.9 Å². The smallest absolute Gasteiger partial charge is 0.250 e. The van der Waals surface area contributed by atoms with Gasteiger partial charge in [0.15, 0.2) is 17.5 Å². The third kappa shape index (κ3) is 5.92. The lowest BCUT2D eigenvalue weighted by atomic mass is 10.1. The first-order valence-electron chi connectivity index (χ1n) is 13.9. The van der Waals surface area contributed by atoms with Crippen molar-refractivity contribution in [3.63, 3.8) is 0 Å². The van der Waals surface area contributed by atoms with E-state index in [1.54, 1.807) is 44.4 Å². The molecule has 0 saturated heterocycles. The lowest BCUT2D eigenvalue weighted by molar-refractivity contribution is -0.143. The van der Waals surface area contributed by atoms with Crippen LogP contribution in [0.25, 0.3) is 11.4 Å². The van der Waals surface area contributed by atoms with Crippen molar-refractivity contribution >= 4 is 11.8 Å². The van der Waals surface area contributed by atoms with E-state index in [2.05, 4.69) is 20.7 Å². The summed E-state index contributed by atoms with van der Waals surface area (Å²) in [5.41, 5.74) is 1.49. The van der Waals surface area contributed by atoms with E-state index in [4.69, 9.17) is 18.6 Å². The maximum atomic E-state index is 14.0. The van der Waals surface area contributed by atoms with E-state index in [0.717, 1.165) is 36.8 Å². The van der Waals surface area contributed by atoms with E-state index in [9.17, 15) is 9.59 Å². The van der Waals surface area contributed by atoms with Crippen LogP contribution in [0.2, 0.25) is 0 Å². The molecule has 2 aromatic carbocycles. The predicted octanol–water partition coefficient (Wildman–Crippen LogP) is 3.81. The second-order valence-corrected chi connectivity index (χ2v) is 10.4. The fraction of sp³-hybridized carbons (Fsp3) is 0.367. The molecule has 0 bridgehead atoms. The minimum absolute atomic E-state index is 0.0580. The Balaban J connectivity index is 1.30. The minimum atomic E-state index is -1.01. The van der Waals surface area contributed by atoms with Crippen LogP contribution in [-0.2, 0) is 22.7 Å². The van der Waals surface area contributed by atoms with Crippen LogP contribution in [0.1, 0.15) is 48.8 Å². The first-order chi connectivity index (χ1) is 20.5. The number of furan rings is 1. The van der Waals surface area contributed by atoms with Gasteiger partial charge in [-0.2, -0.15) is 4.80 Å². The zero-order valence-electron chi connectivity index (χ0n) is 23.5. The van der Waals surface area contributed by atoms with Crippen LogP contribution in [0, 0.1) is 6.92 Å². The number of methoxy groups -OCH3 is 1. The number of benzene rings is 2. The molecule has 3 heterocycles. The summed E-state index contributed by atoms with van der Waals surface area (Å²) in [4.78, 5) is 30.6. The molecular formula is C30H32N6O6. The monoisotopic (exact) mass is 572 g/mol. The summed E-state index contributed by atoms with van der Waals surface area (Å²) in [6.45, 7) is 1.81. The number of aromatic nitrogens is 4. The molecule has 42 heavy (non-hydrogen) atoms. The maximum absolute atomic E-state index is 14.0. The van der Waals surface area contributed by atoms with Gasteiger partial charge in [0.25, 0.3) is 5.91 Å². The number of nitrogens with one attached hydrogen (secondary N) is 1. The second kappa shape index (κ2) is 11.9. The number of hydrogen-bond donors (Lipinski definition) is 1. The summed E-state index contributed by atoms with van der Waals surface area (Å²) < 4.78 is 22.2. The molecule has 6 rings (SSSR count). The van der Waals surface area contributed by atoms with Crippen molar-refractivity contribution in [1.29, 1.82) is 0 Å². The molecule has 1 aliphatic carbocycles. The highest BCUT2D eigenvalue weighted by Gasteiger charge is 2.36. The standard InChI is InChI=1S/C30H32N6O6/c1-19-7-13-25(42-19)28(30(38)31-22-5-3-4-6-22)35(16-20-8-14-24-26(15-20)41-18-40-24)27(37)17-36-33-29(32-34-36)21-9-11-23(39-2)12-10-21/h7-15,22,28H,3-6,16-18H2,1-2H3,(H,31,38). The Bertz CT molecular complexity index is 1560. The van der Waals surface area contributed by atoms with E-state index in [1.165, 1.54) is 9.70 Å². The maximum Gasteiger partial charge on any atom is 0.250 e. The molecule has 1 N–H and O–H groups in total. The molecule has 1 aliphatic heterocycles. The normalized spacial score (nSPS) is 15.0. The van der Waals surface area contributed by atoms with Gasteiger partial charge in [-0.25, -0.2) is 0 Å². The Morgan fingerprint density at radius 2 is 1.86 bits per heavy atom. The second-order valence-electron chi connectivity index (χ2n) is 10.4. The van der Waals surface area contributed by atoms with E-state index < -0.39 is 6.04 Å². The lowest BCUT2D eigenvalue weighted by Crippen LogP contribution is -2.46. The Morgan fingerprint density at radius 1 is 1.07 bits per heavy atom. The van der Waals surface area contributed by atoms with Gasteiger partial charge in [-0.05, 0) is 79.1 Å². The fourth-order valence-electron chi connectivity index (χ4n) is 5.31. The van der Waals surface area contributed by atoms with Gasteiger partial charge in [0.05, 0.1) is 7.11 Å². The molecule has 0 spiro atoms. The first kappa shape index (κ1) is 27.3. The summed E-state index contributed by atoms with van der Waals surface area (Å²) in [5.74, 6) is 2.63. The van der Waals surface area contributed by atoms with Gasteiger partial charge in [-0.15, -0.1) is 10.2 Å². The summed E-state index contributed by atoms with van der Waals surface area (Å²) in [6, 6.07) is 15.3. The molecule has 4 aromatic rings. The van der Waals surface area contributed by atoms with E-state index >= 15 is 0 Å². The average Bonchev–Trinajstić information content (AvgIpc) is 3.82. The van der Waals surface area contributed by atoms with Crippen LogP contribution >= 0.6 is 0 Å². The molecule has 2 aliphatic rings. The Kier molecular flexibility index (Phi) is 7.76. The molecule has 12 heteroatoms. The number of ether oxygens (including phenoxy) is 3. The van der Waals surface area contributed by atoms with Crippen molar-refractivity contribution in [3.8, 4) is 28.6 Å². The number of nitrogens with zero attached hydrogens (tertiary/aromatic N) is 5. The predicted molar refractivity (Wildman–Crippen MR) is 150 cm³/mol. The van der Waals surface area contributed by atoms with Gasteiger partial charge < -0.3 is 28.8 Å². The number of carbonyl (C=O) groups excluding carboxylic acids is 2. The highest BCUT2D eigenvalue weighted by atomic mass is 16.7. The highest BCUT2D eigenvalue weighted by molar-refractivity contribution is 5.88. The Morgan fingerprint density at radius 3 is 2.60 bits per heavy atom. The number of tetrazole rings is 1. The summed E-state index contributed by atoms with van der Waals surface area (Å²) in [5, 5.41) is 15.8. The van der Waals surface area contributed by atoms with Gasteiger partial charge in [0.1, 0.15) is 23.8 Å². The van der Waals surface area contributed by atoms with E-state index in [0.29, 0.717) is 34.6 Å². The largest absolute Gasteiger partial charge is 0.497 e. The van der Waals surface area contributed by atoms with Crippen LogP contribution in [0.15, 0.2) is 59.0 Å². The van der Waals surface area contributed by atoms with Crippen molar-refractivity contribution in [1.82, 2.24) is 30.4 Å². The molecule has 12 nitrogen and oxygen atoms in total. The van der Waals surface area contributed by atoms with Gasteiger partial charge in [-0.3, -0.25) is 9.59 Å².